The Labute approximate surface area is 179 Å². The van der Waals surface area contributed by atoms with Crippen LogP contribution in [0.25, 0.3) is 11.1 Å². The van der Waals surface area contributed by atoms with Gasteiger partial charge in [0.25, 0.3) is 0 Å². The zero-order valence-electron chi connectivity index (χ0n) is 17.8. The smallest absolute Gasteiger partial charge is 0.409 e. The second-order valence-corrected chi connectivity index (χ2v) is 8.55. The van der Waals surface area contributed by atoms with Gasteiger partial charge in [0.1, 0.15) is 5.75 Å². The van der Waals surface area contributed by atoms with E-state index in [1.54, 1.807) is 28.8 Å². The molecular formula is C24H25B2NO3. The topological polar surface area (TPSA) is 50.7 Å². The lowest BCUT2D eigenvalue weighted by molar-refractivity contribution is -0.0893. The average Bonchev–Trinajstić information content (AvgIpc) is 2.78. The number of para-hydroxylation sites is 1. The minimum atomic E-state index is -0.982. The van der Waals surface area contributed by atoms with Crippen molar-refractivity contribution in [3.63, 3.8) is 0 Å². The molecule has 6 heteroatoms. The minimum absolute atomic E-state index is 0.694. The van der Waals surface area contributed by atoms with Crippen molar-refractivity contribution in [2.75, 3.05) is 5.32 Å². The van der Waals surface area contributed by atoms with E-state index in [0.29, 0.717) is 5.75 Å². The van der Waals surface area contributed by atoms with Crippen LogP contribution in [0.15, 0.2) is 66.7 Å². The van der Waals surface area contributed by atoms with Gasteiger partial charge in [0.05, 0.1) is 16.9 Å². The van der Waals surface area contributed by atoms with E-state index in [-0.39, 0.29) is 0 Å². The van der Waals surface area contributed by atoms with Crippen molar-refractivity contribution in [3.05, 3.63) is 66.7 Å². The van der Waals surface area contributed by atoms with Crippen LogP contribution in [0, 0.1) is 0 Å². The van der Waals surface area contributed by atoms with Crippen molar-refractivity contribution >= 4 is 37.3 Å². The summed E-state index contributed by atoms with van der Waals surface area (Å²) in [5, 5.41) is 13.8. The van der Waals surface area contributed by atoms with Gasteiger partial charge in [-0.15, -0.1) is 0 Å². The molecule has 1 heterocycles. The first kappa shape index (κ1) is 20.6. The minimum Gasteiger partial charge on any atom is -0.556 e. The summed E-state index contributed by atoms with van der Waals surface area (Å²) in [4.78, 5) is 0. The molecule has 1 aliphatic rings. The highest BCUT2D eigenvalue weighted by molar-refractivity contribution is 6.51. The van der Waals surface area contributed by atoms with E-state index in [2.05, 4.69) is 23.5 Å². The second-order valence-electron chi connectivity index (χ2n) is 8.55. The number of anilines is 2. The third kappa shape index (κ3) is 4.11. The van der Waals surface area contributed by atoms with Crippen LogP contribution in [-0.4, -0.2) is 31.3 Å². The fraction of sp³-hybridized carbons (Fsp3) is 0.250. The van der Waals surface area contributed by atoms with Gasteiger partial charge in [-0.1, -0.05) is 48.5 Å². The Balaban J connectivity index is 1.66. The summed E-state index contributed by atoms with van der Waals surface area (Å²) in [6, 6.07) is 22.3. The first-order valence-electron chi connectivity index (χ1n) is 10.1. The molecule has 4 nitrogen and oxygen atoms in total. The molecule has 0 unspecified atom stereocenters. The standard InChI is InChI=1S/C24H25B2NO3/c1-23(2,28)24(3,4)30-25-16-13-14-21-22(15-16)29-26-19-11-7-5-9-17(19)18-10-6-8-12-20(18)27-21/h5-15,27-28H,1-4H3. The van der Waals surface area contributed by atoms with Crippen LogP contribution in [0.4, 0.5) is 11.4 Å². The van der Waals surface area contributed by atoms with E-state index in [1.807, 2.05) is 62.4 Å². The number of nitrogens with one attached hydrogen (secondary N) is 1. The van der Waals surface area contributed by atoms with Gasteiger partial charge in [0.2, 0.25) is 0 Å². The third-order valence-corrected chi connectivity index (χ3v) is 5.73. The highest BCUT2D eigenvalue weighted by atomic mass is 16.5. The molecule has 4 rings (SSSR count). The van der Waals surface area contributed by atoms with Crippen LogP contribution < -0.4 is 20.9 Å². The van der Waals surface area contributed by atoms with E-state index in [4.69, 9.17) is 9.31 Å². The van der Waals surface area contributed by atoms with Crippen molar-refractivity contribution < 1.29 is 14.4 Å². The van der Waals surface area contributed by atoms with Gasteiger partial charge in [-0.2, -0.15) is 0 Å². The summed E-state index contributed by atoms with van der Waals surface area (Å²) in [5.41, 5.74) is 4.24. The quantitative estimate of drug-likeness (QED) is 0.662. The zero-order valence-corrected chi connectivity index (χ0v) is 17.8. The van der Waals surface area contributed by atoms with Crippen LogP contribution in [-0.2, 0) is 4.65 Å². The molecule has 0 aromatic heterocycles. The van der Waals surface area contributed by atoms with E-state index in [0.717, 1.165) is 33.4 Å². The van der Waals surface area contributed by atoms with E-state index in [9.17, 15) is 5.11 Å². The van der Waals surface area contributed by atoms with Gasteiger partial charge in [0.15, 0.2) is 0 Å². The largest absolute Gasteiger partial charge is 0.556 e. The van der Waals surface area contributed by atoms with Crippen molar-refractivity contribution in [1.82, 2.24) is 0 Å². The highest BCUT2D eigenvalue weighted by Crippen LogP contribution is 2.34. The number of fused-ring (bicyclic) bond motifs is 4. The number of benzene rings is 3. The average molecular weight is 397 g/mol. The number of hydrogen-bond donors (Lipinski definition) is 2. The summed E-state index contributed by atoms with van der Waals surface area (Å²) >= 11 is 0. The van der Waals surface area contributed by atoms with Crippen molar-refractivity contribution in [1.29, 1.82) is 0 Å². The number of rotatable bonds is 4. The Morgan fingerprint density at radius 2 is 1.60 bits per heavy atom. The van der Waals surface area contributed by atoms with Gasteiger partial charge in [0, 0.05) is 11.3 Å². The Morgan fingerprint density at radius 3 is 2.37 bits per heavy atom. The maximum absolute atomic E-state index is 10.3. The summed E-state index contributed by atoms with van der Waals surface area (Å²) in [6.07, 6.45) is 0. The highest BCUT2D eigenvalue weighted by Gasteiger charge is 2.35. The van der Waals surface area contributed by atoms with Crippen LogP contribution >= 0.6 is 0 Å². The van der Waals surface area contributed by atoms with Gasteiger partial charge < -0.3 is 19.7 Å². The van der Waals surface area contributed by atoms with Crippen molar-refractivity contribution in [2.45, 2.75) is 38.9 Å². The molecule has 0 amide bonds. The molecule has 3 aromatic rings. The Bertz CT molecular complexity index is 1060. The molecule has 2 N–H and O–H groups in total. The summed E-state index contributed by atoms with van der Waals surface area (Å²) in [6.45, 7) is 7.20. The van der Waals surface area contributed by atoms with Crippen molar-refractivity contribution in [3.8, 4) is 16.9 Å². The van der Waals surface area contributed by atoms with Crippen molar-refractivity contribution in [2.24, 2.45) is 0 Å². The van der Waals surface area contributed by atoms with Crippen LogP contribution in [0.1, 0.15) is 27.7 Å². The van der Waals surface area contributed by atoms with E-state index < -0.39 is 11.2 Å². The van der Waals surface area contributed by atoms with Gasteiger partial charge >= 0.3 is 15.0 Å². The molecule has 30 heavy (non-hydrogen) atoms. The maximum atomic E-state index is 10.3. The SMILES string of the molecule is CC(C)(O)C(C)(C)O[B]c1ccc2c(c1)O[B]c1ccccc1-c1ccccc1N2. The van der Waals surface area contributed by atoms with Crippen LogP contribution in [0.5, 0.6) is 5.75 Å². The predicted octanol–water partition coefficient (Wildman–Crippen LogP) is 3.54. The predicted molar refractivity (Wildman–Crippen MR) is 124 cm³/mol. The molecule has 0 bridgehead atoms. The monoisotopic (exact) mass is 397 g/mol. The Hall–Kier alpha value is -2.69. The molecule has 0 fully saturated rings. The van der Waals surface area contributed by atoms with E-state index in [1.165, 1.54) is 0 Å². The lowest BCUT2D eigenvalue weighted by Crippen LogP contribution is -2.49. The normalized spacial score (nSPS) is 13.1. The first-order valence-corrected chi connectivity index (χ1v) is 10.1. The summed E-state index contributed by atoms with van der Waals surface area (Å²) in [5.74, 6) is 0.694. The second kappa shape index (κ2) is 7.86. The van der Waals surface area contributed by atoms with Gasteiger partial charge in [-0.05, 0) is 62.4 Å². The molecule has 0 aliphatic carbocycles. The van der Waals surface area contributed by atoms with E-state index >= 15 is 0 Å². The first-order chi connectivity index (χ1) is 14.2. The number of aliphatic hydroxyl groups is 1. The molecule has 3 aromatic carbocycles. The number of hydrogen-bond acceptors (Lipinski definition) is 4. The van der Waals surface area contributed by atoms with Crippen LogP contribution in [0.3, 0.4) is 0 Å². The lowest BCUT2D eigenvalue weighted by atomic mass is 9.81. The zero-order chi connectivity index (χ0) is 21.4. The molecule has 0 spiro atoms. The Morgan fingerprint density at radius 1 is 0.900 bits per heavy atom. The lowest BCUT2D eigenvalue weighted by Gasteiger charge is -2.37. The van der Waals surface area contributed by atoms with Gasteiger partial charge in [-0.3, -0.25) is 0 Å². The van der Waals surface area contributed by atoms with Gasteiger partial charge in [-0.25, -0.2) is 0 Å². The molecule has 1 aliphatic heterocycles. The fourth-order valence-corrected chi connectivity index (χ4v) is 3.12. The molecule has 150 valence electrons. The third-order valence-electron chi connectivity index (χ3n) is 5.73. The molecule has 0 saturated carbocycles. The summed E-state index contributed by atoms with van der Waals surface area (Å²) < 4.78 is 12.0. The Kier molecular flexibility index (Phi) is 5.39. The molecule has 0 atom stereocenters. The molecular weight excluding hydrogens is 372 g/mol. The fourth-order valence-electron chi connectivity index (χ4n) is 3.12. The summed E-state index contributed by atoms with van der Waals surface area (Å²) in [7, 11) is 3.44. The maximum Gasteiger partial charge on any atom is 0.409 e. The molecule has 2 radical (unpaired) electrons. The molecule has 0 saturated heterocycles. The van der Waals surface area contributed by atoms with Crippen LogP contribution in [0.2, 0.25) is 0 Å².